The molecule has 0 N–H and O–H groups in total. The second kappa shape index (κ2) is 7.44. The van der Waals surface area contributed by atoms with Gasteiger partial charge in [0.05, 0.1) is 32.8 Å². The lowest BCUT2D eigenvalue weighted by Crippen LogP contribution is -2.60. The van der Waals surface area contributed by atoms with Crippen LogP contribution in [0.15, 0.2) is 30.3 Å². The number of benzene rings is 1. The van der Waals surface area contributed by atoms with E-state index in [0.29, 0.717) is 32.7 Å². The number of hydrogen-bond donors (Lipinski definition) is 0. The van der Waals surface area contributed by atoms with Crippen molar-refractivity contribution in [1.29, 1.82) is 0 Å². The van der Waals surface area contributed by atoms with E-state index in [0.717, 1.165) is 37.7 Å². The summed E-state index contributed by atoms with van der Waals surface area (Å²) >= 11 is 0. The monoisotopic (exact) mass is 344 g/mol. The Morgan fingerprint density at radius 2 is 1.96 bits per heavy atom. The first-order chi connectivity index (χ1) is 12.2. The van der Waals surface area contributed by atoms with Gasteiger partial charge in [-0.2, -0.15) is 0 Å². The van der Waals surface area contributed by atoms with E-state index in [1.54, 1.807) is 0 Å². The van der Waals surface area contributed by atoms with Crippen LogP contribution in [0, 0.1) is 5.92 Å². The second-order valence-electron chi connectivity index (χ2n) is 7.74. The van der Waals surface area contributed by atoms with Gasteiger partial charge in [-0.25, -0.2) is 0 Å². The number of rotatable bonds is 4. The first-order valence-electron chi connectivity index (χ1n) is 9.48. The molecule has 1 atom stereocenters. The van der Waals surface area contributed by atoms with Crippen LogP contribution in [0.2, 0.25) is 0 Å². The largest absolute Gasteiger partial charge is 0.377 e. The van der Waals surface area contributed by atoms with E-state index in [2.05, 4.69) is 4.90 Å². The highest BCUT2D eigenvalue weighted by molar-refractivity contribution is 5.79. The van der Waals surface area contributed by atoms with Crippen LogP contribution in [0.25, 0.3) is 0 Å². The molecule has 1 saturated carbocycles. The zero-order chi connectivity index (χ0) is 17.1. The number of ether oxygens (including phenoxy) is 2. The highest BCUT2D eigenvalue weighted by atomic mass is 16.5. The van der Waals surface area contributed by atoms with Crippen molar-refractivity contribution in [2.75, 3.05) is 52.5 Å². The summed E-state index contributed by atoms with van der Waals surface area (Å²) in [6, 6.07) is 9.98. The Labute approximate surface area is 149 Å². The van der Waals surface area contributed by atoms with Gasteiger partial charge in [0.2, 0.25) is 5.91 Å². The van der Waals surface area contributed by atoms with Crippen LogP contribution >= 0.6 is 0 Å². The van der Waals surface area contributed by atoms with Crippen molar-refractivity contribution in [3.05, 3.63) is 35.9 Å². The molecule has 1 aromatic carbocycles. The molecule has 2 aliphatic heterocycles. The van der Waals surface area contributed by atoms with Crippen LogP contribution in [0.3, 0.4) is 0 Å². The van der Waals surface area contributed by atoms with Gasteiger partial charge in [0.1, 0.15) is 5.60 Å². The van der Waals surface area contributed by atoms with Crippen LogP contribution in [0.4, 0.5) is 0 Å². The van der Waals surface area contributed by atoms with Gasteiger partial charge in [-0.3, -0.25) is 9.69 Å². The van der Waals surface area contributed by atoms with Gasteiger partial charge in [0, 0.05) is 26.2 Å². The van der Waals surface area contributed by atoms with Crippen LogP contribution in [0.5, 0.6) is 0 Å². The maximum atomic E-state index is 12.8. The molecule has 2 saturated heterocycles. The van der Waals surface area contributed by atoms with Crippen molar-refractivity contribution in [2.24, 2.45) is 5.92 Å². The van der Waals surface area contributed by atoms with Gasteiger partial charge in [0.15, 0.2) is 0 Å². The zero-order valence-corrected chi connectivity index (χ0v) is 14.9. The van der Waals surface area contributed by atoms with Gasteiger partial charge >= 0.3 is 0 Å². The fraction of sp³-hybridized carbons (Fsp3) is 0.650. The van der Waals surface area contributed by atoms with Gasteiger partial charge in [-0.15, -0.1) is 0 Å². The number of hydrogen-bond acceptors (Lipinski definition) is 4. The SMILES string of the molecule is O=C(Cc1ccccc1)N1CCO[C@]2(COCCN(CC3CC3)C2)C1. The maximum absolute atomic E-state index is 12.8. The van der Waals surface area contributed by atoms with Crippen molar-refractivity contribution in [3.63, 3.8) is 0 Å². The zero-order valence-electron chi connectivity index (χ0n) is 14.9. The second-order valence-corrected chi connectivity index (χ2v) is 7.74. The molecule has 0 aromatic heterocycles. The van der Waals surface area contributed by atoms with E-state index in [4.69, 9.17) is 9.47 Å². The molecule has 3 fully saturated rings. The molecular formula is C20H28N2O3. The third kappa shape index (κ3) is 4.40. The number of carbonyl (C=O) groups is 1. The van der Waals surface area contributed by atoms with Crippen LogP contribution in [-0.2, 0) is 20.7 Å². The molecule has 0 radical (unpaired) electrons. The quantitative estimate of drug-likeness (QED) is 0.831. The predicted molar refractivity (Wildman–Crippen MR) is 95.4 cm³/mol. The van der Waals surface area contributed by atoms with Crippen molar-refractivity contribution in [3.8, 4) is 0 Å². The van der Waals surface area contributed by atoms with E-state index in [-0.39, 0.29) is 11.5 Å². The highest BCUT2D eigenvalue weighted by Crippen LogP contribution is 2.31. The van der Waals surface area contributed by atoms with Crippen molar-refractivity contribution < 1.29 is 14.3 Å². The fourth-order valence-electron chi connectivity index (χ4n) is 3.93. The molecule has 1 aliphatic carbocycles. The summed E-state index contributed by atoms with van der Waals surface area (Å²) in [6.07, 6.45) is 3.17. The number of nitrogens with zero attached hydrogens (tertiary/aromatic N) is 2. The minimum atomic E-state index is -0.365. The third-order valence-electron chi connectivity index (χ3n) is 5.44. The number of carbonyl (C=O) groups excluding carboxylic acids is 1. The Balaban J connectivity index is 1.40. The summed E-state index contributed by atoms with van der Waals surface area (Å²) in [5.74, 6) is 1.04. The standard InChI is InChI=1S/C20H28N2O3/c23-19(12-17-4-2-1-3-5-17)22-9-11-25-20(15-22)14-21(8-10-24-16-20)13-18-6-7-18/h1-5,18H,6-16H2/t20-/m0/s1. The van der Waals surface area contributed by atoms with Crippen LogP contribution < -0.4 is 0 Å². The van der Waals surface area contributed by atoms with Crippen molar-refractivity contribution >= 4 is 5.91 Å². The molecule has 1 amide bonds. The summed E-state index contributed by atoms with van der Waals surface area (Å²) in [7, 11) is 0. The first-order valence-corrected chi connectivity index (χ1v) is 9.48. The lowest BCUT2D eigenvalue weighted by molar-refractivity contribution is -0.161. The molecule has 4 rings (SSSR count). The van der Waals surface area contributed by atoms with Gasteiger partial charge < -0.3 is 14.4 Å². The first kappa shape index (κ1) is 17.0. The van der Waals surface area contributed by atoms with Crippen LogP contribution in [-0.4, -0.2) is 73.9 Å². The molecule has 0 unspecified atom stereocenters. The van der Waals surface area contributed by atoms with Crippen molar-refractivity contribution in [2.45, 2.75) is 24.9 Å². The Kier molecular flexibility index (Phi) is 5.06. The van der Waals surface area contributed by atoms with Crippen molar-refractivity contribution in [1.82, 2.24) is 9.80 Å². The average Bonchev–Trinajstić information content (AvgIpc) is 3.45. The molecule has 5 heteroatoms. The molecule has 2 heterocycles. The topological polar surface area (TPSA) is 42.0 Å². The smallest absolute Gasteiger partial charge is 0.227 e. The Hall–Kier alpha value is -1.43. The maximum Gasteiger partial charge on any atom is 0.227 e. The summed E-state index contributed by atoms with van der Waals surface area (Å²) in [5, 5.41) is 0. The lowest BCUT2D eigenvalue weighted by atomic mass is 10.0. The molecule has 1 spiro atoms. The minimum Gasteiger partial charge on any atom is -0.377 e. The molecule has 5 nitrogen and oxygen atoms in total. The third-order valence-corrected chi connectivity index (χ3v) is 5.44. The van der Waals surface area contributed by atoms with E-state index < -0.39 is 0 Å². The molecule has 136 valence electrons. The lowest BCUT2D eigenvalue weighted by Gasteiger charge is -2.43. The molecule has 25 heavy (non-hydrogen) atoms. The van der Waals surface area contributed by atoms with E-state index in [9.17, 15) is 4.79 Å². The molecular weight excluding hydrogens is 316 g/mol. The molecule has 0 bridgehead atoms. The summed E-state index contributed by atoms with van der Waals surface area (Å²) < 4.78 is 12.1. The average molecular weight is 344 g/mol. The minimum absolute atomic E-state index is 0.187. The summed E-state index contributed by atoms with van der Waals surface area (Å²) in [4.78, 5) is 17.2. The highest BCUT2D eigenvalue weighted by Gasteiger charge is 2.42. The van der Waals surface area contributed by atoms with Crippen LogP contribution in [0.1, 0.15) is 18.4 Å². The Bertz CT molecular complexity index is 590. The Morgan fingerprint density at radius 1 is 1.12 bits per heavy atom. The van der Waals surface area contributed by atoms with Gasteiger partial charge in [-0.05, 0) is 24.3 Å². The number of morpholine rings is 1. The van der Waals surface area contributed by atoms with E-state index in [1.165, 1.54) is 12.8 Å². The van der Waals surface area contributed by atoms with Gasteiger partial charge in [-0.1, -0.05) is 30.3 Å². The summed E-state index contributed by atoms with van der Waals surface area (Å²) in [5.41, 5.74) is 0.705. The predicted octanol–water partition coefficient (Wildman–Crippen LogP) is 1.57. The van der Waals surface area contributed by atoms with E-state index in [1.807, 2.05) is 35.2 Å². The van der Waals surface area contributed by atoms with E-state index >= 15 is 0 Å². The Morgan fingerprint density at radius 3 is 2.76 bits per heavy atom. The van der Waals surface area contributed by atoms with Gasteiger partial charge in [0.25, 0.3) is 0 Å². The normalized spacial score (nSPS) is 28.1. The fourth-order valence-corrected chi connectivity index (χ4v) is 3.93. The number of amides is 1. The molecule has 1 aromatic rings. The molecule has 3 aliphatic rings. The summed E-state index contributed by atoms with van der Waals surface area (Å²) in [6.45, 7) is 6.25.